The van der Waals surface area contributed by atoms with Crippen LogP contribution in [0.4, 0.5) is 0 Å². The molecule has 0 unspecified atom stereocenters. The first-order valence-corrected chi connectivity index (χ1v) is 9.40. The minimum Gasteiger partial charge on any atom is -0.497 e. The van der Waals surface area contributed by atoms with Crippen LogP contribution in [0.5, 0.6) is 17.2 Å². The summed E-state index contributed by atoms with van der Waals surface area (Å²) in [5.41, 5.74) is 0. The van der Waals surface area contributed by atoms with Gasteiger partial charge in [0.25, 0.3) is 0 Å². The fourth-order valence-electron chi connectivity index (χ4n) is 2.86. The monoisotopic (exact) mass is 379 g/mol. The summed E-state index contributed by atoms with van der Waals surface area (Å²) >= 11 is 0. The SMILES string of the molecule is COc1ccc(OCCCC(=O)NCCOc2cccc3ccccc23)cc1. The Kier molecular flexibility index (Phi) is 7.13. The molecule has 1 N–H and O–H groups in total. The van der Waals surface area contributed by atoms with Crippen molar-refractivity contribution in [2.24, 2.45) is 0 Å². The van der Waals surface area contributed by atoms with E-state index >= 15 is 0 Å². The number of hydrogen-bond donors (Lipinski definition) is 1. The van der Waals surface area contributed by atoms with E-state index in [1.54, 1.807) is 7.11 Å². The average Bonchev–Trinajstić information content (AvgIpc) is 2.75. The van der Waals surface area contributed by atoms with Crippen LogP contribution in [0.3, 0.4) is 0 Å². The molecule has 0 aliphatic rings. The maximum absolute atomic E-state index is 11.9. The van der Waals surface area contributed by atoms with Gasteiger partial charge in [0.1, 0.15) is 23.9 Å². The van der Waals surface area contributed by atoms with E-state index in [9.17, 15) is 4.79 Å². The van der Waals surface area contributed by atoms with Crippen molar-refractivity contribution in [3.8, 4) is 17.2 Å². The molecule has 146 valence electrons. The van der Waals surface area contributed by atoms with E-state index in [1.165, 1.54) is 0 Å². The number of hydrogen-bond acceptors (Lipinski definition) is 4. The second-order valence-corrected chi connectivity index (χ2v) is 6.30. The largest absolute Gasteiger partial charge is 0.497 e. The molecule has 0 bridgehead atoms. The van der Waals surface area contributed by atoms with Crippen LogP contribution >= 0.6 is 0 Å². The number of fused-ring (bicyclic) bond motifs is 1. The quantitative estimate of drug-likeness (QED) is 0.536. The lowest BCUT2D eigenvalue weighted by Gasteiger charge is -2.10. The molecule has 5 heteroatoms. The molecule has 0 saturated heterocycles. The predicted octanol–water partition coefficient (Wildman–Crippen LogP) is 4.20. The lowest BCUT2D eigenvalue weighted by atomic mass is 10.1. The number of ether oxygens (including phenoxy) is 3. The molecule has 28 heavy (non-hydrogen) atoms. The average molecular weight is 379 g/mol. The van der Waals surface area contributed by atoms with Crippen LogP contribution in [0.1, 0.15) is 12.8 Å². The molecule has 0 aliphatic heterocycles. The highest BCUT2D eigenvalue weighted by Gasteiger charge is 2.04. The Hall–Kier alpha value is -3.21. The summed E-state index contributed by atoms with van der Waals surface area (Å²) in [6, 6.07) is 21.4. The number of rotatable bonds is 10. The maximum atomic E-state index is 11.9. The Morgan fingerprint density at radius 3 is 2.43 bits per heavy atom. The minimum atomic E-state index is -0.000138. The summed E-state index contributed by atoms with van der Waals surface area (Å²) in [6.45, 7) is 1.40. The molecule has 0 saturated carbocycles. The molecule has 3 aromatic carbocycles. The van der Waals surface area contributed by atoms with Gasteiger partial charge >= 0.3 is 0 Å². The molecule has 0 aliphatic carbocycles. The van der Waals surface area contributed by atoms with Gasteiger partial charge in [-0.15, -0.1) is 0 Å². The number of methoxy groups -OCH3 is 1. The van der Waals surface area contributed by atoms with E-state index < -0.39 is 0 Å². The standard InChI is InChI=1S/C23H25NO4/c1-26-19-11-13-20(14-12-19)27-16-5-10-23(25)24-15-17-28-22-9-4-7-18-6-2-3-8-21(18)22/h2-4,6-9,11-14H,5,10,15-17H2,1H3,(H,24,25). The molecule has 0 fully saturated rings. The lowest BCUT2D eigenvalue weighted by molar-refractivity contribution is -0.121. The minimum absolute atomic E-state index is 0.000138. The van der Waals surface area contributed by atoms with Gasteiger partial charge < -0.3 is 19.5 Å². The molecule has 5 nitrogen and oxygen atoms in total. The molecular weight excluding hydrogens is 354 g/mol. The summed E-state index contributed by atoms with van der Waals surface area (Å²) in [7, 11) is 1.63. The van der Waals surface area contributed by atoms with Crippen LogP contribution in [-0.4, -0.2) is 32.8 Å². The van der Waals surface area contributed by atoms with Crippen LogP contribution < -0.4 is 19.5 Å². The van der Waals surface area contributed by atoms with Gasteiger partial charge in [0, 0.05) is 11.8 Å². The van der Waals surface area contributed by atoms with Crippen molar-refractivity contribution in [1.82, 2.24) is 5.32 Å². The molecular formula is C23H25NO4. The second kappa shape index (κ2) is 10.2. The smallest absolute Gasteiger partial charge is 0.220 e. The van der Waals surface area contributed by atoms with Crippen molar-refractivity contribution in [3.05, 3.63) is 66.7 Å². The third-order valence-corrected chi connectivity index (χ3v) is 4.31. The van der Waals surface area contributed by atoms with Crippen molar-refractivity contribution in [2.45, 2.75) is 12.8 Å². The van der Waals surface area contributed by atoms with Crippen LogP contribution in [0, 0.1) is 0 Å². The Balaban J connectivity index is 1.31. The fraction of sp³-hybridized carbons (Fsp3) is 0.261. The van der Waals surface area contributed by atoms with E-state index in [0.717, 1.165) is 28.0 Å². The number of amides is 1. The van der Waals surface area contributed by atoms with Crippen molar-refractivity contribution in [1.29, 1.82) is 0 Å². The summed E-state index contributed by atoms with van der Waals surface area (Å²) < 4.78 is 16.5. The first-order valence-electron chi connectivity index (χ1n) is 9.40. The number of carbonyl (C=O) groups excluding carboxylic acids is 1. The number of carbonyl (C=O) groups is 1. The van der Waals surface area contributed by atoms with Crippen molar-refractivity contribution < 1.29 is 19.0 Å². The highest BCUT2D eigenvalue weighted by Crippen LogP contribution is 2.24. The van der Waals surface area contributed by atoms with Crippen LogP contribution in [-0.2, 0) is 4.79 Å². The molecule has 1 amide bonds. The van der Waals surface area contributed by atoms with Crippen molar-refractivity contribution in [2.75, 3.05) is 26.9 Å². The zero-order valence-corrected chi connectivity index (χ0v) is 16.0. The van der Waals surface area contributed by atoms with E-state index in [-0.39, 0.29) is 5.91 Å². The molecule has 3 rings (SSSR count). The second-order valence-electron chi connectivity index (χ2n) is 6.30. The van der Waals surface area contributed by atoms with Crippen LogP contribution in [0.2, 0.25) is 0 Å². The number of benzene rings is 3. The maximum Gasteiger partial charge on any atom is 0.220 e. The molecule has 0 heterocycles. The van der Waals surface area contributed by atoms with E-state index in [1.807, 2.05) is 54.6 Å². The summed E-state index contributed by atoms with van der Waals surface area (Å²) in [5.74, 6) is 2.39. The number of nitrogens with one attached hydrogen (secondary N) is 1. The van der Waals surface area contributed by atoms with Gasteiger partial charge in [0.15, 0.2) is 0 Å². The van der Waals surface area contributed by atoms with Gasteiger partial charge in [0.05, 0.1) is 20.3 Å². The third kappa shape index (κ3) is 5.64. The molecule has 0 radical (unpaired) electrons. The van der Waals surface area contributed by atoms with Gasteiger partial charge in [-0.05, 0) is 42.1 Å². The Morgan fingerprint density at radius 2 is 1.61 bits per heavy atom. The van der Waals surface area contributed by atoms with E-state index in [0.29, 0.717) is 32.6 Å². The van der Waals surface area contributed by atoms with Gasteiger partial charge in [-0.25, -0.2) is 0 Å². The third-order valence-electron chi connectivity index (χ3n) is 4.31. The van der Waals surface area contributed by atoms with E-state index in [4.69, 9.17) is 14.2 Å². The highest BCUT2D eigenvalue weighted by atomic mass is 16.5. The molecule has 0 atom stereocenters. The Labute approximate surface area is 165 Å². The van der Waals surface area contributed by atoms with Gasteiger partial charge in [-0.2, -0.15) is 0 Å². The zero-order chi connectivity index (χ0) is 19.6. The van der Waals surface area contributed by atoms with Gasteiger partial charge in [0.2, 0.25) is 5.91 Å². The lowest BCUT2D eigenvalue weighted by Crippen LogP contribution is -2.28. The van der Waals surface area contributed by atoms with Gasteiger partial charge in [-0.3, -0.25) is 4.79 Å². The summed E-state index contributed by atoms with van der Waals surface area (Å²) in [5, 5.41) is 5.09. The highest BCUT2D eigenvalue weighted by molar-refractivity contribution is 5.88. The molecule has 3 aromatic rings. The van der Waals surface area contributed by atoms with Crippen molar-refractivity contribution >= 4 is 16.7 Å². The Morgan fingerprint density at radius 1 is 0.857 bits per heavy atom. The first kappa shape index (κ1) is 19.5. The predicted molar refractivity (Wildman–Crippen MR) is 110 cm³/mol. The van der Waals surface area contributed by atoms with Crippen LogP contribution in [0.25, 0.3) is 10.8 Å². The molecule has 0 spiro atoms. The first-order chi connectivity index (χ1) is 13.8. The Bertz CT molecular complexity index is 887. The zero-order valence-electron chi connectivity index (χ0n) is 16.0. The molecule has 0 aromatic heterocycles. The topological polar surface area (TPSA) is 56.8 Å². The fourth-order valence-corrected chi connectivity index (χ4v) is 2.86. The summed E-state index contributed by atoms with van der Waals surface area (Å²) in [4.78, 5) is 11.9. The van der Waals surface area contributed by atoms with Gasteiger partial charge in [-0.1, -0.05) is 36.4 Å². The van der Waals surface area contributed by atoms with E-state index in [2.05, 4.69) is 17.4 Å². The summed E-state index contributed by atoms with van der Waals surface area (Å²) in [6.07, 6.45) is 1.08. The van der Waals surface area contributed by atoms with Crippen molar-refractivity contribution in [3.63, 3.8) is 0 Å². The normalized spacial score (nSPS) is 10.5. The van der Waals surface area contributed by atoms with Crippen LogP contribution in [0.15, 0.2) is 66.7 Å².